The van der Waals surface area contributed by atoms with Crippen LogP contribution in [0.25, 0.3) is 10.6 Å². The summed E-state index contributed by atoms with van der Waals surface area (Å²) in [5.74, 6) is -0.131. The number of rotatable bonds is 3. The van der Waals surface area contributed by atoms with Crippen LogP contribution in [0.1, 0.15) is 18.1 Å². The van der Waals surface area contributed by atoms with E-state index in [2.05, 4.69) is 15.9 Å². The molecule has 21 heavy (non-hydrogen) atoms. The van der Waals surface area contributed by atoms with Crippen molar-refractivity contribution < 1.29 is 4.79 Å². The third-order valence-electron chi connectivity index (χ3n) is 2.87. The van der Waals surface area contributed by atoms with E-state index in [0.717, 1.165) is 10.0 Å². The van der Waals surface area contributed by atoms with Gasteiger partial charge in [0.25, 0.3) is 0 Å². The largest absolute Gasteiger partial charge is 0.294 e. The molecule has 0 saturated carbocycles. The minimum Gasteiger partial charge on any atom is -0.294 e. The molecule has 0 radical (unpaired) electrons. The van der Waals surface area contributed by atoms with E-state index in [1.807, 2.05) is 24.3 Å². The first-order valence-electron chi connectivity index (χ1n) is 6.02. The second-order valence-electron chi connectivity index (χ2n) is 4.38. The summed E-state index contributed by atoms with van der Waals surface area (Å²) in [5, 5.41) is 1.23. The maximum absolute atomic E-state index is 12.0. The molecule has 0 N–H and O–H groups in total. The van der Waals surface area contributed by atoms with Gasteiger partial charge in [-0.15, -0.1) is 0 Å². The zero-order chi connectivity index (χ0) is 15.6. The summed E-state index contributed by atoms with van der Waals surface area (Å²) in [6.45, 7) is 1.48. The lowest BCUT2D eigenvalue weighted by molar-refractivity contribution is -0.111. The monoisotopic (exact) mass is 402 g/mol. The Morgan fingerprint density at radius 2 is 1.67 bits per heavy atom. The van der Waals surface area contributed by atoms with Gasteiger partial charge in [0.2, 0.25) is 0 Å². The first-order chi connectivity index (χ1) is 9.90. The predicted molar refractivity (Wildman–Crippen MR) is 94.0 cm³/mol. The predicted octanol–water partition coefficient (Wildman–Crippen LogP) is 6.45. The van der Waals surface area contributed by atoms with E-state index in [9.17, 15) is 4.79 Å². The summed E-state index contributed by atoms with van der Waals surface area (Å²) in [7, 11) is 0. The Balaban J connectivity index is 2.63. The summed E-state index contributed by atoms with van der Waals surface area (Å²) >= 11 is 21.8. The molecule has 0 spiro atoms. The Morgan fingerprint density at radius 1 is 1.05 bits per heavy atom. The van der Waals surface area contributed by atoms with Gasteiger partial charge in [0, 0.05) is 20.6 Å². The van der Waals surface area contributed by atoms with Crippen molar-refractivity contribution >= 4 is 67.1 Å². The number of hydrogen-bond acceptors (Lipinski definition) is 1. The average molecular weight is 405 g/mol. The molecule has 0 aliphatic heterocycles. The highest BCUT2D eigenvalue weighted by atomic mass is 79.9. The molecule has 2 aromatic carbocycles. The van der Waals surface area contributed by atoms with E-state index in [1.165, 1.54) is 6.92 Å². The maximum Gasteiger partial charge on any atom is 0.161 e. The number of allylic oxidation sites excluding steroid dienone is 1. The fourth-order valence-corrected chi connectivity index (χ4v) is 3.13. The third kappa shape index (κ3) is 3.89. The van der Waals surface area contributed by atoms with Crippen LogP contribution in [0.5, 0.6) is 0 Å². The molecular formula is C16H10BrCl3O. The first-order valence-corrected chi connectivity index (χ1v) is 7.95. The Hall–Kier alpha value is -0.800. The van der Waals surface area contributed by atoms with E-state index in [0.29, 0.717) is 26.2 Å². The summed E-state index contributed by atoms with van der Waals surface area (Å²) in [4.78, 5) is 12.0. The van der Waals surface area contributed by atoms with Gasteiger partial charge in [-0.3, -0.25) is 4.79 Å². The highest BCUT2D eigenvalue weighted by molar-refractivity contribution is 9.10. The normalized spacial score (nSPS) is 12.0. The highest BCUT2D eigenvalue weighted by Gasteiger charge is 2.16. The van der Waals surface area contributed by atoms with Crippen LogP contribution in [0.2, 0.25) is 10.0 Å². The van der Waals surface area contributed by atoms with Gasteiger partial charge < -0.3 is 0 Å². The van der Waals surface area contributed by atoms with E-state index in [1.54, 1.807) is 18.2 Å². The summed E-state index contributed by atoms with van der Waals surface area (Å²) < 4.78 is 0.926. The topological polar surface area (TPSA) is 17.1 Å². The SMILES string of the molecule is CC(=O)/C(=C(\Cl)c1ccc(Cl)cc1Cl)c1ccc(Br)cc1. The molecular weight excluding hydrogens is 394 g/mol. The zero-order valence-electron chi connectivity index (χ0n) is 11.0. The molecule has 0 heterocycles. The van der Waals surface area contributed by atoms with Crippen molar-refractivity contribution in [1.29, 1.82) is 0 Å². The van der Waals surface area contributed by atoms with Gasteiger partial charge >= 0.3 is 0 Å². The quantitative estimate of drug-likeness (QED) is 0.424. The molecule has 0 amide bonds. The zero-order valence-corrected chi connectivity index (χ0v) is 14.8. The molecule has 0 unspecified atom stereocenters. The number of Topliss-reactive ketones (excluding diaryl/α,β-unsaturated/α-hetero) is 1. The molecule has 2 aromatic rings. The second-order valence-corrected chi connectivity index (χ2v) is 6.51. The standard InChI is InChI=1S/C16H10BrCl3O/c1-9(21)15(10-2-4-11(17)5-3-10)16(20)13-7-6-12(18)8-14(13)19/h2-8H,1H3/b16-15+. The summed E-state index contributed by atoms with van der Waals surface area (Å²) in [6.07, 6.45) is 0. The fraction of sp³-hybridized carbons (Fsp3) is 0.0625. The fourth-order valence-electron chi connectivity index (χ4n) is 1.90. The van der Waals surface area contributed by atoms with Crippen molar-refractivity contribution in [3.05, 3.63) is 68.1 Å². The van der Waals surface area contributed by atoms with Gasteiger partial charge in [-0.05, 0) is 36.8 Å². The van der Waals surface area contributed by atoms with Crippen LogP contribution in [0.3, 0.4) is 0 Å². The molecule has 0 atom stereocenters. The van der Waals surface area contributed by atoms with Crippen molar-refractivity contribution in [1.82, 2.24) is 0 Å². The summed E-state index contributed by atoms with van der Waals surface area (Å²) in [5.41, 5.74) is 1.74. The van der Waals surface area contributed by atoms with Gasteiger partial charge in [-0.1, -0.05) is 68.9 Å². The van der Waals surface area contributed by atoms with Gasteiger partial charge in [0.1, 0.15) is 0 Å². The van der Waals surface area contributed by atoms with E-state index in [-0.39, 0.29) is 5.78 Å². The van der Waals surface area contributed by atoms with Crippen LogP contribution in [-0.2, 0) is 4.79 Å². The molecule has 2 rings (SSSR count). The summed E-state index contributed by atoms with van der Waals surface area (Å²) in [6, 6.07) is 12.3. The Morgan fingerprint density at radius 3 is 2.19 bits per heavy atom. The van der Waals surface area contributed by atoms with Crippen molar-refractivity contribution in [2.45, 2.75) is 6.92 Å². The minimum atomic E-state index is -0.131. The van der Waals surface area contributed by atoms with Crippen molar-refractivity contribution in [3.8, 4) is 0 Å². The van der Waals surface area contributed by atoms with Crippen LogP contribution in [0.15, 0.2) is 46.9 Å². The van der Waals surface area contributed by atoms with E-state index < -0.39 is 0 Å². The third-order valence-corrected chi connectivity index (χ3v) is 4.34. The average Bonchev–Trinajstić information content (AvgIpc) is 2.40. The molecule has 0 aliphatic rings. The molecule has 5 heteroatoms. The molecule has 0 aromatic heterocycles. The number of carbonyl (C=O) groups is 1. The Bertz CT molecular complexity index is 721. The minimum absolute atomic E-state index is 0.131. The number of carbonyl (C=O) groups excluding carboxylic acids is 1. The van der Waals surface area contributed by atoms with Crippen molar-refractivity contribution in [2.24, 2.45) is 0 Å². The molecule has 0 saturated heterocycles. The van der Waals surface area contributed by atoms with Gasteiger partial charge in [0.15, 0.2) is 5.78 Å². The number of hydrogen-bond donors (Lipinski definition) is 0. The number of benzene rings is 2. The molecule has 108 valence electrons. The van der Waals surface area contributed by atoms with Gasteiger partial charge in [0.05, 0.1) is 10.1 Å². The molecule has 0 aliphatic carbocycles. The van der Waals surface area contributed by atoms with Crippen LogP contribution >= 0.6 is 50.7 Å². The molecule has 1 nitrogen and oxygen atoms in total. The van der Waals surface area contributed by atoms with Crippen LogP contribution in [0, 0.1) is 0 Å². The number of halogens is 4. The van der Waals surface area contributed by atoms with Crippen LogP contribution in [0.4, 0.5) is 0 Å². The highest BCUT2D eigenvalue weighted by Crippen LogP contribution is 2.35. The van der Waals surface area contributed by atoms with E-state index >= 15 is 0 Å². The van der Waals surface area contributed by atoms with Gasteiger partial charge in [-0.25, -0.2) is 0 Å². The lowest BCUT2D eigenvalue weighted by atomic mass is 9.99. The Kier molecular flexibility index (Phi) is 5.50. The van der Waals surface area contributed by atoms with Crippen LogP contribution < -0.4 is 0 Å². The number of ketones is 1. The first kappa shape index (κ1) is 16.6. The van der Waals surface area contributed by atoms with Gasteiger partial charge in [-0.2, -0.15) is 0 Å². The Labute approximate surface area is 146 Å². The van der Waals surface area contributed by atoms with Crippen LogP contribution in [-0.4, -0.2) is 5.78 Å². The maximum atomic E-state index is 12.0. The lowest BCUT2D eigenvalue weighted by Crippen LogP contribution is -1.99. The second kappa shape index (κ2) is 6.97. The molecule has 0 fully saturated rings. The van der Waals surface area contributed by atoms with E-state index in [4.69, 9.17) is 34.8 Å². The van der Waals surface area contributed by atoms with Crippen molar-refractivity contribution in [3.63, 3.8) is 0 Å². The molecule has 0 bridgehead atoms. The van der Waals surface area contributed by atoms with Crippen molar-refractivity contribution in [2.75, 3.05) is 0 Å². The smallest absolute Gasteiger partial charge is 0.161 e. The lowest BCUT2D eigenvalue weighted by Gasteiger charge is -2.10.